The van der Waals surface area contributed by atoms with Gasteiger partial charge in [0.2, 0.25) is 0 Å². The SMILES string of the molecule is NCc1cc(NC(=O)c2nccc3[nH]ccc23)cc(C(F)(F)F)c1. The van der Waals surface area contributed by atoms with Crippen LogP contribution >= 0.6 is 0 Å². The normalized spacial score (nSPS) is 11.7. The first-order chi connectivity index (χ1) is 11.4. The molecule has 0 unspecified atom stereocenters. The van der Waals surface area contributed by atoms with E-state index in [-0.39, 0.29) is 23.5 Å². The van der Waals surface area contributed by atoms with Crippen molar-refractivity contribution in [2.24, 2.45) is 5.73 Å². The quantitative estimate of drug-likeness (QED) is 0.687. The van der Waals surface area contributed by atoms with Crippen LogP contribution in [0, 0.1) is 0 Å². The number of rotatable bonds is 3. The average Bonchev–Trinajstić information content (AvgIpc) is 3.02. The number of benzene rings is 1. The lowest BCUT2D eigenvalue weighted by molar-refractivity contribution is -0.137. The fourth-order valence-electron chi connectivity index (χ4n) is 2.40. The van der Waals surface area contributed by atoms with Crippen molar-refractivity contribution in [1.82, 2.24) is 9.97 Å². The van der Waals surface area contributed by atoms with Gasteiger partial charge in [-0.1, -0.05) is 0 Å². The minimum absolute atomic E-state index is 0.0182. The molecule has 0 atom stereocenters. The van der Waals surface area contributed by atoms with E-state index in [0.29, 0.717) is 10.9 Å². The highest BCUT2D eigenvalue weighted by molar-refractivity contribution is 6.10. The number of aromatic amines is 1. The Kier molecular flexibility index (Phi) is 3.98. The number of pyridine rings is 1. The van der Waals surface area contributed by atoms with Crippen molar-refractivity contribution < 1.29 is 18.0 Å². The van der Waals surface area contributed by atoms with Crippen LogP contribution in [0.25, 0.3) is 10.9 Å². The molecule has 0 radical (unpaired) electrons. The van der Waals surface area contributed by atoms with E-state index >= 15 is 0 Å². The molecule has 3 aromatic rings. The molecule has 1 amide bonds. The van der Waals surface area contributed by atoms with Gasteiger partial charge in [0, 0.05) is 35.5 Å². The number of nitrogens with two attached hydrogens (primary N) is 1. The lowest BCUT2D eigenvalue weighted by Crippen LogP contribution is -2.15. The number of H-pyrrole nitrogens is 1. The Balaban J connectivity index is 1.96. The van der Waals surface area contributed by atoms with E-state index in [4.69, 9.17) is 5.73 Å². The predicted molar refractivity (Wildman–Crippen MR) is 83.4 cm³/mol. The molecule has 2 aromatic heterocycles. The Labute approximate surface area is 134 Å². The summed E-state index contributed by atoms with van der Waals surface area (Å²) in [6.07, 6.45) is -1.42. The molecule has 24 heavy (non-hydrogen) atoms. The summed E-state index contributed by atoms with van der Waals surface area (Å²) >= 11 is 0. The summed E-state index contributed by atoms with van der Waals surface area (Å²) in [5.74, 6) is -0.595. The third kappa shape index (κ3) is 3.09. The molecule has 2 heterocycles. The molecule has 0 fully saturated rings. The molecule has 4 N–H and O–H groups in total. The Hall–Kier alpha value is -2.87. The van der Waals surface area contributed by atoms with E-state index in [1.165, 1.54) is 12.3 Å². The molecule has 0 aliphatic carbocycles. The number of halogens is 3. The summed E-state index contributed by atoms with van der Waals surface area (Å²) in [6.45, 7) is -0.0710. The summed E-state index contributed by atoms with van der Waals surface area (Å²) < 4.78 is 38.8. The molecular formula is C16H13F3N4O. The highest BCUT2D eigenvalue weighted by atomic mass is 19.4. The number of aromatic nitrogens is 2. The van der Waals surface area contributed by atoms with E-state index < -0.39 is 17.6 Å². The van der Waals surface area contributed by atoms with Gasteiger partial charge in [0.1, 0.15) is 5.69 Å². The molecule has 8 heteroatoms. The first-order valence-corrected chi connectivity index (χ1v) is 7.03. The van der Waals surface area contributed by atoms with Crippen LogP contribution in [0.15, 0.2) is 42.7 Å². The van der Waals surface area contributed by atoms with Crippen LogP contribution in [0.1, 0.15) is 21.6 Å². The van der Waals surface area contributed by atoms with Crippen molar-refractivity contribution in [2.75, 3.05) is 5.32 Å². The zero-order chi connectivity index (χ0) is 17.3. The molecule has 3 rings (SSSR count). The van der Waals surface area contributed by atoms with E-state index in [9.17, 15) is 18.0 Å². The highest BCUT2D eigenvalue weighted by Crippen LogP contribution is 2.32. The number of carbonyl (C=O) groups is 1. The summed E-state index contributed by atoms with van der Waals surface area (Å²) in [5.41, 5.74) is 5.69. The molecular weight excluding hydrogens is 321 g/mol. The van der Waals surface area contributed by atoms with Crippen LogP contribution in [0.3, 0.4) is 0 Å². The highest BCUT2D eigenvalue weighted by Gasteiger charge is 2.31. The Bertz CT molecular complexity index is 902. The maximum Gasteiger partial charge on any atom is 0.416 e. The number of nitrogens with one attached hydrogen (secondary N) is 2. The van der Waals surface area contributed by atoms with Gasteiger partial charge in [-0.05, 0) is 35.9 Å². The van der Waals surface area contributed by atoms with Gasteiger partial charge in [-0.25, -0.2) is 0 Å². The topological polar surface area (TPSA) is 83.8 Å². The number of hydrogen-bond acceptors (Lipinski definition) is 3. The summed E-state index contributed by atoms with van der Waals surface area (Å²) in [7, 11) is 0. The number of amides is 1. The van der Waals surface area contributed by atoms with Gasteiger partial charge in [0.15, 0.2) is 0 Å². The van der Waals surface area contributed by atoms with Crippen LogP contribution in [0.4, 0.5) is 18.9 Å². The molecule has 0 aliphatic heterocycles. The van der Waals surface area contributed by atoms with E-state index in [1.54, 1.807) is 18.3 Å². The fraction of sp³-hybridized carbons (Fsp3) is 0.125. The third-order valence-corrected chi connectivity index (χ3v) is 3.51. The van der Waals surface area contributed by atoms with Crippen molar-refractivity contribution in [2.45, 2.75) is 12.7 Å². The molecule has 5 nitrogen and oxygen atoms in total. The minimum Gasteiger partial charge on any atom is -0.361 e. The number of carbonyl (C=O) groups excluding carboxylic acids is 1. The van der Waals surface area contributed by atoms with Crippen LogP contribution < -0.4 is 11.1 Å². The predicted octanol–water partition coefficient (Wildman–Crippen LogP) is 3.29. The summed E-state index contributed by atoms with van der Waals surface area (Å²) in [5, 5.41) is 3.04. The second kappa shape index (κ2) is 5.97. The fourth-order valence-corrected chi connectivity index (χ4v) is 2.40. The first-order valence-electron chi connectivity index (χ1n) is 7.03. The number of hydrogen-bond donors (Lipinski definition) is 3. The summed E-state index contributed by atoms with van der Waals surface area (Å²) in [4.78, 5) is 19.3. The maximum absolute atomic E-state index is 12.9. The van der Waals surface area contributed by atoms with Gasteiger partial charge < -0.3 is 16.0 Å². The molecule has 124 valence electrons. The first kappa shape index (κ1) is 16.0. The van der Waals surface area contributed by atoms with E-state index in [2.05, 4.69) is 15.3 Å². The van der Waals surface area contributed by atoms with Gasteiger partial charge in [-0.3, -0.25) is 9.78 Å². The zero-order valence-electron chi connectivity index (χ0n) is 12.3. The Morgan fingerprint density at radius 1 is 1.25 bits per heavy atom. The molecule has 1 aromatic carbocycles. The molecule has 0 saturated carbocycles. The van der Waals surface area contributed by atoms with Gasteiger partial charge in [0.25, 0.3) is 5.91 Å². The van der Waals surface area contributed by atoms with Crippen molar-refractivity contribution in [3.8, 4) is 0 Å². The molecule has 0 spiro atoms. The molecule has 0 bridgehead atoms. The number of alkyl halides is 3. The van der Waals surface area contributed by atoms with Gasteiger partial charge in [-0.2, -0.15) is 13.2 Å². The Morgan fingerprint density at radius 2 is 2.04 bits per heavy atom. The molecule has 0 aliphatic rings. The van der Waals surface area contributed by atoms with Crippen molar-refractivity contribution in [3.63, 3.8) is 0 Å². The molecule has 0 saturated heterocycles. The van der Waals surface area contributed by atoms with Crippen LogP contribution in [-0.2, 0) is 12.7 Å². The second-order valence-corrected chi connectivity index (χ2v) is 5.17. The van der Waals surface area contributed by atoms with Crippen LogP contribution in [0.5, 0.6) is 0 Å². The standard InChI is InChI=1S/C16H13F3N4O/c17-16(18,19)10-5-9(8-20)6-11(7-10)23-15(24)14-12-1-3-21-13(12)2-4-22-14/h1-7,21H,8,20H2,(H,23,24). The van der Waals surface area contributed by atoms with Gasteiger partial charge in [-0.15, -0.1) is 0 Å². The van der Waals surface area contributed by atoms with Crippen molar-refractivity contribution >= 4 is 22.5 Å². The smallest absolute Gasteiger partial charge is 0.361 e. The lowest BCUT2D eigenvalue weighted by atomic mass is 10.1. The zero-order valence-corrected chi connectivity index (χ0v) is 12.3. The summed E-state index contributed by atoms with van der Waals surface area (Å²) in [6, 6.07) is 6.61. The maximum atomic E-state index is 12.9. The van der Waals surface area contributed by atoms with Crippen LogP contribution in [-0.4, -0.2) is 15.9 Å². The largest absolute Gasteiger partial charge is 0.416 e. The number of nitrogens with zero attached hydrogens (tertiary/aromatic N) is 1. The Morgan fingerprint density at radius 3 is 2.75 bits per heavy atom. The lowest BCUT2D eigenvalue weighted by Gasteiger charge is -2.12. The number of anilines is 1. The second-order valence-electron chi connectivity index (χ2n) is 5.17. The van der Waals surface area contributed by atoms with Crippen molar-refractivity contribution in [3.05, 3.63) is 59.5 Å². The van der Waals surface area contributed by atoms with E-state index in [1.807, 2.05) is 0 Å². The van der Waals surface area contributed by atoms with E-state index in [0.717, 1.165) is 12.1 Å². The third-order valence-electron chi connectivity index (χ3n) is 3.51. The van der Waals surface area contributed by atoms with Gasteiger partial charge in [0.05, 0.1) is 5.56 Å². The number of fused-ring (bicyclic) bond motifs is 1. The van der Waals surface area contributed by atoms with Crippen molar-refractivity contribution in [1.29, 1.82) is 0 Å². The van der Waals surface area contributed by atoms with Crippen LogP contribution in [0.2, 0.25) is 0 Å². The average molecular weight is 334 g/mol. The monoisotopic (exact) mass is 334 g/mol. The van der Waals surface area contributed by atoms with Gasteiger partial charge >= 0.3 is 6.18 Å². The minimum atomic E-state index is -4.52.